The minimum atomic E-state index is -3.34. The van der Waals surface area contributed by atoms with Crippen LogP contribution in [-0.4, -0.2) is 26.4 Å². The lowest BCUT2D eigenvalue weighted by Gasteiger charge is -2.16. The first-order chi connectivity index (χ1) is 6.04. The number of ether oxygens (including phenoxy) is 1. The van der Waals surface area contributed by atoms with Crippen molar-refractivity contribution in [2.75, 3.05) is 5.75 Å². The van der Waals surface area contributed by atoms with Crippen LogP contribution in [0.1, 0.15) is 12.8 Å². The third-order valence-corrected chi connectivity index (χ3v) is 4.74. The summed E-state index contributed by atoms with van der Waals surface area (Å²) in [6.45, 7) is 0. The summed E-state index contributed by atoms with van der Waals surface area (Å²) >= 11 is 0. The van der Waals surface area contributed by atoms with E-state index >= 15 is 0 Å². The molecule has 2 bridgehead atoms. The van der Waals surface area contributed by atoms with Gasteiger partial charge in [0.05, 0.1) is 18.0 Å². The molecule has 3 nitrogen and oxygen atoms in total. The van der Waals surface area contributed by atoms with Crippen LogP contribution in [0.25, 0.3) is 0 Å². The molecule has 3 aliphatic rings. The third kappa shape index (κ3) is 1.30. The van der Waals surface area contributed by atoms with Crippen LogP contribution in [0.2, 0.25) is 0 Å². The van der Waals surface area contributed by atoms with Crippen molar-refractivity contribution in [3.05, 3.63) is 0 Å². The standard InChI is InChI=1S/C8H11ClO3S/c9-13(10,11)3-4-1-7-5-2-6(5)8(4)12-7/h4-8H,1-3H2. The van der Waals surface area contributed by atoms with E-state index in [1.165, 1.54) is 6.42 Å². The summed E-state index contributed by atoms with van der Waals surface area (Å²) < 4.78 is 27.5. The molecule has 2 saturated heterocycles. The lowest BCUT2D eigenvalue weighted by molar-refractivity contribution is 0.0635. The molecule has 5 atom stereocenters. The minimum absolute atomic E-state index is 0.0962. The molecule has 13 heavy (non-hydrogen) atoms. The zero-order chi connectivity index (χ0) is 9.22. The Morgan fingerprint density at radius 2 is 2.08 bits per heavy atom. The van der Waals surface area contributed by atoms with Gasteiger partial charge < -0.3 is 4.74 Å². The Morgan fingerprint density at radius 3 is 2.62 bits per heavy atom. The molecular formula is C8H11ClO3S. The van der Waals surface area contributed by atoms with Crippen molar-refractivity contribution in [1.29, 1.82) is 0 Å². The van der Waals surface area contributed by atoms with Gasteiger partial charge in [-0.1, -0.05) is 0 Å². The van der Waals surface area contributed by atoms with Gasteiger partial charge >= 0.3 is 0 Å². The van der Waals surface area contributed by atoms with Crippen molar-refractivity contribution < 1.29 is 13.2 Å². The highest BCUT2D eigenvalue weighted by atomic mass is 35.7. The molecule has 1 saturated carbocycles. The molecule has 5 heteroatoms. The van der Waals surface area contributed by atoms with Crippen LogP contribution in [-0.2, 0) is 13.8 Å². The minimum Gasteiger partial charge on any atom is -0.374 e. The van der Waals surface area contributed by atoms with Crippen molar-refractivity contribution >= 4 is 19.7 Å². The first kappa shape index (κ1) is 8.50. The molecule has 0 spiro atoms. The van der Waals surface area contributed by atoms with E-state index in [1.54, 1.807) is 0 Å². The highest BCUT2D eigenvalue weighted by Gasteiger charge is 2.62. The molecule has 2 aliphatic heterocycles. The largest absolute Gasteiger partial charge is 0.374 e. The van der Waals surface area contributed by atoms with Crippen LogP contribution in [0, 0.1) is 17.8 Å². The zero-order valence-corrected chi connectivity index (χ0v) is 8.59. The van der Waals surface area contributed by atoms with E-state index in [9.17, 15) is 8.42 Å². The van der Waals surface area contributed by atoms with E-state index in [-0.39, 0.29) is 17.8 Å². The summed E-state index contributed by atoms with van der Waals surface area (Å²) in [4.78, 5) is 0. The second-order valence-electron chi connectivity index (χ2n) is 4.40. The number of hydrogen-bond acceptors (Lipinski definition) is 3. The van der Waals surface area contributed by atoms with E-state index in [4.69, 9.17) is 15.4 Å². The second kappa shape index (κ2) is 2.41. The third-order valence-electron chi connectivity index (χ3n) is 3.54. The van der Waals surface area contributed by atoms with Gasteiger partial charge in [0.15, 0.2) is 0 Å². The summed E-state index contributed by atoms with van der Waals surface area (Å²) in [6, 6.07) is 0. The number of hydrogen-bond donors (Lipinski definition) is 0. The Labute approximate surface area is 81.8 Å². The van der Waals surface area contributed by atoms with Gasteiger partial charge in [-0.3, -0.25) is 0 Å². The van der Waals surface area contributed by atoms with Crippen LogP contribution in [0.15, 0.2) is 0 Å². The first-order valence-corrected chi connectivity index (χ1v) is 7.10. The van der Waals surface area contributed by atoms with E-state index in [0.717, 1.165) is 12.3 Å². The van der Waals surface area contributed by atoms with Gasteiger partial charge in [0, 0.05) is 16.6 Å². The van der Waals surface area contributed by atoms with Crippen LogP contribution in [0.3, 0.4) is 0 Å². The molecule has 0 aromatic carbocycles. The van der Waals surface area contributed by atoms with Crippen molar-refractivity contribution in [2.45, 2.75) is 25.0 Å². The van der Waals surface area contributed by atoms with E-state index in [1.807, 2.05) is 0 Å². The van der Waals surface area contributed by atoms with Crippen molar-refractivity contribution in [2.24, 2.45) is 17.8 Å². The predicted molar refractivity (Wildman–Crippen MR) is 48.0 cm³/mol. The molecule has 0 N–H and O–H groups in total. The molecule has 1 aliphatic carbocycles. The normalized spacial score (nSPS) is 52.2. The number of halogens is 1. The Morgan fingerprint density at radius 1 is 1.31 bits per heavy atom. The predicted octanol–water partition coefficient (Wildman–Crippen LogP) is 0.978. The van der Waals surface area contributed by atoms with Gasteiger partial charge in [-0.15, -0.1) is 0 Å². The highest BCUT2D eigenvalue weighted by molar-refractivity contribution is 8.13. The molecule has 74 valence electrons. The Balaban J connectivity index is 1.75. The van der Waals surface area contributed by atoms with Crippen molar-refractivity contribution in [3.63, 3.8) is 0 Å². The summed E-state index contributed by atoms with van der Waals surface area (Å²) in [7, 11) is 1.89. The fourth-order valence-electron chi connectivity index (χ4n) is 2.99. The van der Waals surface area contributed by atoms with Gasteiger partial charge in [0.2, 0.25) is 9.05 Å². The van der Waals surface area contributed by atoms with Gasteiger partial charge in [0.1, 0.15) is 0 Å². The highest BCUT2D eigenvalue weighted by Crippen LogP contribution is 2.60. The fourth-order valence-corrected chi connectivity index (χ4v) is 4.31. The molecule has 0 aromatic rings. The maximum atomic E-state index is 10.9. The average Bonchev–Trinajstić information content (AvgIpc) is 2.59. The van der Waals surface area contributed by atoms with Crippen LogP contribution in [0.5, 0.6) is 0 Å². The van der Waals surface area contributed by atoms with E-state index in [2.05, 4.69) is 0 Å². The topological polar surface area (TPSA) is 43.4 Å². The Hall–Kier alpha value is 0.200. The summed E-state index contributed by atoms with van der Waals surface area (Å²) in [5, 5.41) is 0. The molecule has 3 rings (SSSR count). The Bertz CT molecular complexity index is 339. The summed E-state index contributed by atoms with van der Waals surface area (Å²) in [5.74, 6) is 1.66. The van der Waals surface area contributed by atoms with Gasteiger partial charge in [-0.2, -0.15) is 0 Å². The van der Waals surface area contributed by atoms with Crippen molar-refractivity contribution in [3.8, 4) is 0 Å². The van der Waals surface area contributed by atoms with Crippen LogP contribution < -0.4 is 0 Å². The average molecular weight is 223 g/mol. The van der Waals surface area contributed by atoms with Gasteiger partial charge in [0.25, 0.3) is 0 Å². The van der Waals surface area contributed by atoms with Crippen LogP contribution >= 0.6 is 10.7 Å². The lowest BCUT2D eigenvalue weighted by atomic mass is 9.91. The van der Waals surface area contributed by atoms with Crippen molar-refractivity contribution in [1.82, 2.24) is 0 Å². The van der Waals surface area contributed by atoms with Gasteiger partial charge in [-0.05, 0) is 24.7 Å². The molecule has 2 heterocycles. The summed E-state index contributed by atoms with van der Waals surface area (Å²) in [6.07, 6.45) is 2.69. The lowest BCUT2D eigenvalue weighted by Crippen LogP contribution is -2.25. The SMILES string of the molecule is O=S(=O)(Cl)CC1CC2OC1C1CC21. The quantitative estimate of drug-likeness (QED) is 0.655. The number of rotatable bonds is 2. The monoisotopic (exact) mass is 222 g/mol. The maximum absolute atomic E-state index is 10.9. The smallest absolute Gasteiger partial charge is 0.232 e. The first-order valence-electron chi connectivity index (χ1n) is 4.62. The zero-order valence-electron chi connectivity index (χ0n) is 7.02. The molecule has 0 amide bonds. The molecular weight excluding hydrogens is 212 g/mol. The van der Waals surface area contributed by atoms with E-state index in [0.29, 0.717) is 12.0 Å². The second-order valence-corrected chi connectivity index (χ2v) is 7.23. The molecule has 0 radical (unpaired) electrons. The maximum Gasteiger partial charge on any atom is 0.232 e. The molecule has 0 aromatic heterocycles. The van der Waals surface area contributed by atoms with Crippen LogP contribution in [0.4, 0.5) is 0 Å². The van der Waals surface area contributed by atoms with Gasteiger partial charge in [-0.25, -0.2) is 8.42 Å². The van der Waals surface area contributed by atoms with E-state index < -0.39 is 9.05 Å². The number of fused-ring (bicyclic) bond motifs is 5. The Kier molecular flexibility index (Phi) is 1.58. The molecule has 3 fully saturated rings. The fraction of sp³-hybridized carbons (Fsp3) is 1.00. The summed E-state index contributed by atoms with van der Waals surface area (Å²) in [5.41, 5.74) is 0. The molecule has 5 unspecified atom stereocenters.